The summed E-state index contributed by atoms with van der Waals surface area (Å²) in [6.07, 6.45) is 3.56. The Hall–Kier alpha value is -2.78. The molecule has 1 N–H and O–H groups in total. The molecule has 0 spiro atoms. The smallest absolute Gasteiger partial charge is 0.220 e. The summed E-state index contributed by atoms with van der Waals surface area (Å²) < 4.78 is 7.28. The van der Waals surface area contributed by atoms with E-state index in [-0.39, 0.29) is 5.91 Å². The summed E-state index contributed by atoms with van der Waals surface area (Å²) in [5, 5.41) is 9.77. The van der Waals surface area contributed by atoms with Gasteiger partial charge < -0.3 is 15.0 Å². The van der Waals surface area contributed by atoms with E-state index in [0.717, 1.165) is 48.1 Å². The molecule has 0 bridgehead atoms. The second-order valence-electron chi connectivity index (χ2n) is 7.57. The molecule has 4 heterocycles. The van der Waals surface area contributed by atoms with Gasteiger partial charge in [-0.2, -0.15) is 5.10 Å². The van der Waals surface area contributed by atoms with Gasteiger partial charge in [-0.15, -0.1) is 11.3 Å². The van der Waals surface area contributed by atoms with Crippen LogP contribution < -0.4 is 10.2 Å². The first-order valence-corrected chi connectivity index (χ1v) is 11.5. The highest BCUT2D eigenvalue weighted by molar-refractivity contribution is 7.09. The van der Waals surface area contributed by atoms with Gasteiger partial charge >= 0.3 is 0 Å². The van der Waals surface area contributed by atoms with Crippen LogP contribution in [0.3, 0.4) is 0 Å². The highest BCUT2D eigenvalue weighted by atomic mass is 32.1. The summed E-state index contributed by atoms with van der Waals surface area (Å²) in [5.74, 6) is 1.69. The molecule has 4 rings (SSSR count). The zero-order valence-electron chi connectivity index (χ0n) is 18.0. The van der Waals surface area contributed by atoms with Gasteiger partial charge in [-0.1, -0.05) is 6.07 Å². The third kappa shape index (κ3) is 5.29. The van der Waals surface area contributed by atoms with Gasteiger partial charge in [-0.25, -0.2) is 14.6 Å². The lowest BCUT2D eigenvalue weighted by Crippen LogP contribution is -2.36. The van der Waals surface area contributed by atoms with Crippen LogP contribution in [0.25, 0.3) is 5.82 Å². The lowest BCUT2D eigenvalue weighted by atomic mass is 10.1. The van der Waals surface area contributed by atoms with Gasteiger partial charge in [-0.3, -0.25) is 4.79 Å². The van der Waals surface area contributed by atoms with Gasteiger partial charge in [0.05, 0.1) is 18.9 Å². The number of aromatic nitrogens is 4. The molecule has 1 amide bonds. The highest BCUT2D eigenvalue weighted by Gasteiger charge is 2.17. The molecule has 31 heavy (non-hydrogen) atoms. The van der Waals surface area contributed by atoms with E-state index < -0.39 is 0 Å². The summed E-state index contributed by atoms with van der Waals surface area (Å²) in [6, 6.07) is 6.09. The summed E-state index contributed by atoms with van der Waals surface area (Å²) in [4.78, 5) is 24.6. The van der Waals surface area contributed by atoms with Crippen LogP contribution in [-0.4, -0.2) is 58.5 Å². The summed E-state index contributed by atoms with van der Waals surface area (Å²) >= 11 is 1.72. The minimum atomic E-state index is 0.0692. The van der Waals surface area contributed by atoms with Crippen LogP contribution in [0.4, 0.5) is 5.82 Å². The van der Waals surface area contributed by atoms with Crippen molar-refractivity contribution in [3.63, 3.8) is 0 Å². The minimum absolute atomic E-state index is 0.0692. The molecule has 3 aromatic heterocycles. The largest absolute Gasteiger partial charge is 0.378 e. The Balaban J connectivity index is 1.38. The van der Waals surface area contributed by atoms with Crippen molar-refractivity contribution in [2.45, 2.75) is 33.1 Å². The first kappa shape index (κ1) is 21.5. The van der Waals surface area contributed by atoms with Crippen LogP contribution in [0.5, 0.6) is 0 Å². The number of ether oxygens (including phenoxy) is 1. The predicted molar refractivity (Wildman–Crippen MR) is 121 cm³/mol. The van der Waals surface area contributed by atoms with E-state index in [1.165, 1.54) is 4.88 Å². The molecule has 3 aromatic rings. The number of rotatable bonds is 8. The Bertz CT molecular complexity index is 1010. The number of amides is 1. The number of hydrogen-bond donors (Lipinski definition) is 1. The molecule has 9 heteroatoms. The molecule has 1 saturated heterocycles. The topological polar surface area (TPSA) is 85.2 Å². The fourth-order valence-electron chi connectivity index (χ4n) is 3.79. The average Bonchev–Trinajstić information content (AvgIpc) is 3.41. The normalized spacial score (nSPS) is 14.1. The fourth-order valence-corrected chi connectivity index (χ4v) is 4.49. The first-order valence-electron chi connectivity index (χ1n) is 10.6. The van der Waals surface area contributed by atoms with Crippen LogP contribution in [0.1, 0.15) is 28.2 Å². The molecule has 0 aliphatic carbocycles. The molecule has 0 radical (unpaired) electrons. The molecule has 0 aromatic carbocycles. The molecule has 8 nitrogen and oxygen atoms in total. The Morgan fingerprint density at radius 1 is 1.19 bits per heavy atom. The monoisotopic (exact) mass is 440 g/mol. The molecule has 0 saturated carbocycles. The molecule has 0 atom stereocenters. The van der Waals surface area contributed by atoms with Crippen molar-refractivity contribution in [2.24, 2.45) is 0 Å². The van der Waals surface area contributed by atoms with Gasteiger partial charge in [0.1, 0.15) is 12.1 Å². The summed E-state index contributed by atoms with van der Waals surface area (Å²) in [5.41, 5.74) is 3.03. The van der Waals surface area contributed by atoms with E-state index in [0.29, 0.717) is 32.6 Å². The van der Waals surface area contributed by atoms with Crippen molar-refractivity contribution in [2.75, 3.05) is 37.7 Å². The number of carbonyl (C=O) groups is 1. The van der Waals surface area contributed by atoms with Gasteiger partial charge in [0, 0.05) is 42.7 Å². The second-order valence-corrected chi connectivity index (χ2v) is 8.61. The lowest BCUT2D eigenvalue weighted by molar-refractivity contribution is -0.121. The van der Waals surface area contributed by atoms with E-state index in [4.69, 9.17) is 9.84 Å². The van der Waals surface area contributed by atoms with Crippen molar-refractivity contribution in [3.8, 4) is 5.82 Å². The Morgan fingerprint density at radius 2 is 2.00 bits per heavy atom. The fraction of sp³-hybridized carbons (Fsp3) is 0.455. The number of hydrogen-bond acceptors (Lipinski definition) is 7. The Morgan fingerprint density at radius 3 is 2.77 bits per heavy atom. The van der Waals surface area contributed by atoms with Crippen LogP contribution in [0, 0.1) is 13.8 Å². The van der Waals surface area contributed by atoms with Gasteiger partial charge in [-0.05, 0) is 43.7 Å². The zero-order chi connectivity index (χ0) is 21.6. The lowest BCUT2D eigenvalue weighted by Gasteiger charge is -2.27. The maximum Gasteiger partial charge on any atom is 0.220 e. The van der Waals surface area contributed by atoms with Crippen LogP contribution in [-0.2, 0) is 22.4 Å². The van der Waals surface area contributed by atoms with Crippen molar-refractivity contribution >= 4 is 23.1 Å². The van der Waals surface area contributed by atoms with Gasteiger partial charge in [0.2, 0.25) is 5.91 Å². The van der Waals surface area contributed by atoms with Crippen LogP contribution >= 0.6 is 11.3 Å². The van der Waals surface area contributed by atoms with Crippen molar-refractivity contribution in [3.05, 3.63) is 51.7 Å². The Labute approximate surface area is 186 Å². The third-order valence-corrected chi connectivity index (χ3v) is 6.44. The van der Waals surface area contributed by atoms with E-state index in [9.17, 15) is 4.79 Å². The predicted octanol–water partition coefficient (Wildman–Crippen LogP) is 2.47. The average molecular weight is 441 g/mol. The quantitative estimate of drug-likeness (QED) is 0.579. The number of morpholine rings is 1. The van der Waals surface area contributed by atoms with Crippen molar-refractivity contribution in [1.82, 2.24) is 25.1 Å². The molecule has 1 fully saturated rings. The van der Waals surface area contributed by atoms with E-state index >= 15 is 0 Å². The van der Waals surface area contributed by atoms with E-state index in [1.54, 1.807) is 17.7 Å². The highest BCUT2D eigenvalue weighted by Crippen LogP contribution is 2.21. The van der Waals surface area contributed by atoms with Gasteiger partial charge in [0.15, 0.2) is 5.82 Å². The Kier molecular flexibility index (Phi) is 6.93. The summed E-state index contributed by atoms with van der Waals surface area (Å²) in [7, 11) is 0. The SMILES string of the molecule is Cc1nn(-c2cc(N3CCOCC3)ncn2)c(C)c1CCC(=O)NCCc1cccs1. The number of nitrogens with one attached hydrogen (secondary N) is 1. The summed E-state index contributed by atoms with van der Waals surface area (Å²) in [6.45, 7) is 7.73. The molecular weight excluding hydrogens is 412 g/mol. The number of thiophene rings is 1. The maximum absolute atomic E-state index is 12.3. The second kappa shape index (κ2) is 10.0. The molecule has 164 valence electrons. The minimum Gasteiger partial charge on any atom is -0.378 e. The molecule has 1 aliphatic heterocycles. The van der Waals surface area contributed by atoms with E-state index in [1.807, 2.05) is 30.7 Å². The number of anilines is 1. The first-order chi connectivity index (χ1) is 15.1. The molecular formula is C22H28N6O2S. The molecule has 0 unspecified atom stereocenters. The zero-order valence-corrected chi connectivity index (χ0v) is 18.8. The number of carbonyl (C=O) groups excluding carboxylic acids is 1. The molecule has 1 aliphatic rings. The van der Waals surface area contributed by atoms with Crippen molar-refractivity contribution < 1.29 is 9.53 Å². The maximum atomic E-state index is 12.3. The standard InChI is InChI=1S/C22H28N6O2S/c1-16-19(5-6-22(29)23-8-7-18-4-3-13-31-18)17(2)28(26-16)21-14-20(24-15-25-21)27-9-11-30-12-10-27/h3-4,13-15H,5-12H2,1-2H3,(H,23,29). The van der Waals surface area contributed by atoms with Crippen LogP contribution in [0.15, 0.2) is 29.9 Å². The number of nitrogens with zero attached hydrogens (tertiary/aromatic N) is 5. The van der Waals surface area contributed by atoms with Crippen molar-refractivity contribution in [1.29, 1.82) is 0 Å². The third-order valence-electron chi connectivity index (χ3n) is 5.51. The number of aryl methyl sites for hydroxylation is 1. The van der Waals surface area contributed by atoms with E-state index in [2.05, 4.69) is 31.6 Å². The van der Waals surface area contributed by atoms with Crippen LogP contribution in [0.2, 0.25) is 0 Å². The van der Waals surface area contributed by atoms with Gasteiger partial charge in [0.25, 0.3) is 0 Å².